The third-order valence-electron chi connectivity index (χ3n) is 5.82. The van der Waals surface area contributed by atoms with Crippen LogP contribution in [0, 0.1) is 6.92 Å². The van der Waals surface area contributed by atoms with Crippen LogP contribution in [0.2, 0.25) is 0 Å². The molecule has 0 saturated heterocycles. The summed E-state index contributed by atoms with van der Waals surface area (Å²) in [6.07, 6.45) is 0.694. The van der Waals surface area contributed by atoms with Crippen LogP contribution >= 0.6 is 11.3 Å². The molecule has 10 heteroatoms. The molecule has 34 heavy (non-hydrogen) atoms. The summed E-state index contributed by atoms with van der Waals surface area (Å²) < 4.78 is 30.3. The summed E-state index contributed by atoms with van der Waals surface area (Å²) in [4.78, 5) is 22.0. The van der Waals surface area contributed by atoms with Crippen LogP contribution in [0.5, 0.6) is 0 Å². The fourth-order valence-electron chi connectivity index (χ4n) is 4.07. The van der Waals surface area contributed by atoms with Crippen molar-refractivity contribution in [1.82, 2.24) is 18.8 Å². The molecule has 180 valence electrons. The lowest BCUT2D eigenvalue weighted by atomic mass is 10.2. The molecule has 0 fully saturated rings. The number of anilines is 1. The molecular weight excluding hydrogens is 470 g/mol. The van der Waals surface area contributed by atoms with Crippen LogP contribution in [-0.2, 0) is 27.8 Å². The van der Waals surface area contributed by atoms with Crippen molar-refractivity contribution in [2.24, 2.45) is 0 Å². The number of thiazole rings is 1. The third-order valence-corrected chi connectivity index (χ3v) is 8.80. The van der Waals surface area contributed by atoms with Gasteiger partial charge in [0.15, 0.2) is 5.13 Å². The molecule has 0 bridgehead atoms. The van der Waals surface area contributed by atoms with E-state index in [1.54, 1.807) is 18.2 Å². The number of nitrogens with one attached hydrogen (secondary N) is 1. The number of benzene rings is 2. The number of carbonyl (C=O) groups is 1. The summed E-state index contributed by atoms with van der Waals surface area (Å²) in [7, 11) is -3.56. The van der Waals surface area contributed by atoms with Crippen molar-refractivity contribution in [2.75, 3.05) is 18.4 Å². The maximum atomic E-state index is 12.9. The van der Waals surface area contributed by atoms with Gasteiger partial charge in [-0.1, -0.05) is 31.3 Å². The molecule has 0 aliphatic heterocycles. The first kappa shape index (κ1) is 24.3. The Morgan fingerprint density at radius 3 is 2.53 bits per heavy atom. The Morgan fingerprint density at radius 1 is 1.06 bits per heavy atom. The van der Waals surface area contributed by atoms with E-state index < -0.39 is 10.0 Å². The van der Waals surface area contributed by atoms with E-state index in [9.17, 15) is 13.2 Å². The maximum absolute atomic E-state index is 12.9. The molecule has 1 amide bonds. The zero-order chi connectivity index (χ0) is 24.5. The van der Waals surface area contributed by atoms with E-state index in [2.05, 4.69) is 21.4 Å². The fraction of sp³-hybridized carbons (Fsp3) is 0.375. The molecule has 2 aromatic heterocycles. The highest BCUT2D eigenvalue weighted by molar-refractivity contribution is 7.89. The van der Waals surface area contributed by atoms with Crippen molar-refractivity contribution < 1.29 is 13.2 Å². The fourth-order valence-corrected chi connectivity index (χ4v) is 6.53. The van der Waals surface area contributed by atoms with E-state index in [1.165, 1.54) is 15.6 Å². The van der Waals surface area contributed by atoms with Crippen LogP contribution in [0.25, 0.3) is 21.3 Å². The first-order chi connectivity index (χ1) is 16.3. The average Bonchev–Trinajstić information content (AvgIpc) is 3.37. The summed E-state index contributed by atoms with van der Waals surface area (Å²) in [5.74, 6) is 0.625. The minimum Gasteiger partial charge on any atom is -0.328 e. The van der Waals surface area contributed by atoms with Gasteiger partial charge in [-0.15, -0.1) is 0 Å². The molecule has 1 N–H and O–H groups in total. The minimum atomic E-state index is -3.56. The minimum absolute atomic E-state index is 0.129. The number of rotatable bonds is 9. The van der Waals surface area contributed by atoms with Crippen molar-refractivity contribution in [2.45, 2.75) is 52.0 Å². The van der Waals surface area contributed by atoms with E-state index >= 15 is 0 Å². The summed E-state index contributed by atoms with van der Waals surface area (Å²) in [6, 6.07) is 11.1. The molecule has 0 unspecified atom stereocenters. The van der Waals surface area contributed by atoms with Gasteiger partial charge in [0.2, 0.25) is 15.9 Å². The van der Waals surface area contributed by atoms with Crippen molar-refractivity contribution >= 4 is 53.6 Å². The van der Waals surface area contributed by atoms with Crippen molar-refractivity contribution in [1.29, 1.82) is 0 Å². The van der Waals surface area contributed by atoms with Crippen molar-refractivity contribution in [3.63, 3.8) is 0 Å². The first-order valence-electron chi connectivity index (χ1n) is 11.4. The van der Waals surface area contributed by atoms with Gasteiger partial charge in [-0.3, -0.25) is 4.79 Å². The molecule has 2 heterocycles. The lowest BCUT2D eigenvalue weighted by Gasteiger charge is -2.18. The predicted molar refractivity (Wildman–Crippen MR) is 137 cm³/mol. The highest BCUT2D eigenvalue weighted by atomic mass is 32.2. The van der Waals surface area contributed by atoms with E-state index in [0.29, 0.717) is 36.7 Å². The van der Waals surface area contributed by atoms with Gasteiger partial charge >= 0.3 is 0 Å². The van der Waals surface area contributed by atoms with Gasteiger partial charge in [0.25, 0.3) is 0 Å². The molecule has 0 atom stereocenters. The van der Waals surface area contributed by atoms with Crippen LogP contribution in [0.3, 0.4) is 0 Å². The van der Waals surface area contributed by atoms with Gasteiger partial charge in [0.1, 0.15) is 5.82 Å². The normalized spacial score (nSPS) is 12.1. The second-order valence-corrected chi connectivity index (χ2v) is 11.0. The number of fused-ring (bicyclic) bond motifs is 2. The summed E-state index contributed by atoms with van der Waals surface area (Å²) in [5, 5.41) is 3.48. The molecule has 0 radical (unpaired) electrons. The number of aryl methyl sites for hydroxylation is 3. The number of hydrogen-bond acceptors (Lipinski definition) is 6. The van der Waals surface area contributed by atoms with Crippen molar-refractivity contribution in [3.05, 3.63) is 47.8 Å². The highest BCUT2D eigenvalue weighted by Gasteiger charge is 2.23. The zero-order valence-electron chi connectivity index (χ0n) is 19.8. The number of nitrogens with zero attached hydrogens (tertiary/aromatic N) is 4. The van der Waals surface area contributed by atoms with E-state index in [-0.39, 0.29) is 17.2 Å². The smallest absolute Gasteiger partial charge is 0.243 e. The molecule has 0 aliphatic rings. The Balaban J connectivity index is 1.52. The van der Waals surface area contributed by atoms with Crippen LogP contribution in [0.15, 0.2) is 41.3 Å². The second-order valence-electron chi connectivity index (χ2n) is 8.05. The Hall–Kier alpha value is -2.82. The van der Waals surface area contributed by atoms with E-state index in [0.717, 1.165) is 27.1 Å². The molecule has 0 aliphatic carbocycles. The van der Waals surface area contributed by atoms with Crippen LogP contribution in [-0.4, -0.2) is 46.3 Å². The van der Waals surface area contributed by atoms with Crippen LogP contribution < -0.4 is 5.32 Å². The second kappa shape index (κ2) is 9.81. The first-order valence-corrected chi connectivity index (χ1v) is 13.7. The zero-order valence-corrected chi connectivity index (χ0v) is 21.5. The van der Waals surface area contributed by atoms with E-state index in [4.69, 9.17) is 0 Å². The summed E-state index contributed by atoms with van der Waals surface area (Å²) in [5.41, 5.74) is 3.50. The topological polar surface area (TPSA) is 97.2 Å². The average molecular weight is 500 g/mol. The Morgan fingerprint density at radius 2 is 1.82 bits per heavy atom. The number of carbonyl (C=O) groups excluding carboxylic acids is 1. The van der Waals surface area contributed by atoms with Gasteiger partial charge in [0.05, 0.1) is 26.1 Å². The number of amides is 1. The van der Waals surface area contributed by atoms with Gasteiger partial charge < -0.3 is 9.88 Å². The molecule has 0 spiro atoms. The molecule has 8 nitrogen and oxygen atoms in total. The summed E-state index contributed by atoms with van der Waals surface area (Å²) in [6.45, 7) is 9.18. The molecule has 0 saturated carbocycles. The largest absolute Gasteiger partial charge is 0.328 e. The predicted octanol–water partition coefficient (Wildman–Crippen LogP) is 4.58. The van der Waals surface area contributed by atoms with Gasteiger partial charge in [-0.05, 0) is 49.7 Å². The maximum Gasteiger partial charge on any atom is 0.243 e. The van der Waals surface area contributed by atoms with Crippen molar-refractivity contribution in [3.8, 4) is 0 Å². The van der Waals surface area contributed by atoms with E-state index in [1.807, 2.05) is 44.4 Å². The molecule has 4 rings (SSSR count). The third kappa shape index (κ3) is 4.70. The number of sulfonamides is 1. The lowest BCUT2D eigenvalue weighted by molar-refractivity contribution is -0.116. The monoisotopic (exact) mass is 499 g/mol. The standard InChI is InChI=1S/C24H29N5O3S2/c1-5-28(6-2)34(31,32)17-9-11-20-19(15-17)25-22(29(20)7-3)12-13-23(30)27-24-26-18-10-8-16(4)14-21(18)33-24/h8-11,14-15H,5-7,12-13H2,1-4H3,(H,26,27,30). The molecule has 2 aromatic carbocycles. The quantitative estimate of drug-likeness (QED) is 0.364. The van der Waals surface area contributed by atoms with Crippen LogP contribution in [0.1, 0.15) is 38.6 Å². The van der Waals surface area contributed by atoms with Gasteiger partial charge in [0, 0.05) is 32.5 Å². The number of aromatic nitrogens is 3. The SMILES string of the molecule is CCN(CC)S(=O)(=O)c1ccc2c(c1)nc(CCC(=O)Nc1nc3ccc(C)cc3s1)n2CC. The number of hydrogen-bond donors (Lipinski definition) is 1. The van der Waals surface area contributed by atoms with Crippen LogP contribution in [0.4, 0.5) is 5.13 Å². The summed E-state index contributed by atoms with van der Waals surface area (Å²) >= 11 is 1.46. The molecule has 4 aromatic rings. The Labute approximate surface area is 203 Å². The highest BCUT2D eigenvalue weighted by Crippen LogP contribution is 2.27. The van der Waals surface area contributed by atoms with Gasteiger partial charge in [-0.2, -0.15) is 4.31 Å². The number of imidazole rings is 1. The Kier molecular flexibility index (Phi) is 7.01. The molecular formula is C24H29N5O3S2. The lowest BCUT2D eigenvalue weighted by Crippen LogP contribution is -2.30. The Bertz CT molecular complexity index is 1450. The van der Waals surface area contributed by atoms with Gasteiger partial charge in [-0.25, -0.2) is 18.4 Å².